The van der Waals surface area contributed by atoms with E-state index in [1.165, 1.54) is 11.1 Å². The Morgan fingerprint density at radius 3 is 1.11 bits per heavy atom. The third-order valence-electron chi connectivity index (χ3n) is 6.95. The third-order valence-corrected chi connectivity index (χ3v) is 6.95. The summed E-state index contributed by atoms with van der Waals surface area (Å²) in [5, 5.41) is 18.1. The number of nitrogens with zero attached hydrogens (tertiary/aromatic N) is 4. The van der Waals surface area contributed by atoms with Gasteiger partial charge in [-0.3, -0.25) is 0 Å². The molecule has 2 aliphatic heterocycles. The molecule has 0 aromatic heterocycles. The first kappa shape index (κ1) is 24.1. The molecule has 0 bridgehead atoms. The smallest absolute Gasteiger partial charge is 0.0763 e. The van der Waals surface area contributed by atoms with Crippen molar-refractivity contribution in [3.05, 3.63) is 106 Å². The van der Waals surface area contributed by atoms with Gasteiger partial charge in [0.25, 0.3) is 0 Å². The number of rotatable bonds is 4. The second-order valence-corrected chi connectivity index (χ2v) is 11.8. The van der Waals surface area contributed by atoms with Gasteiger partial charge in [0.1, 0.15) is 0 Å². The van der Waals surface area contributed by atoms with Crippen LogP contribution in [0.2, 0.25) is 0 Å². The zero-order valence-electron chi connectivity index (χ0n) is 22.1. The van der Waals surface area contributed by atoms with Crippen LogP contribution in [0.4, 0.5) is 0 Å². The maximum absolute atomic E-state index is 4.53. The van der Waals surface area contributed by atoms with Crippen LogP contribution in [-0.2, 0) is 10.8 Å². The van der Waals surface area contributed by atoms with E-state index in [0.717, 1.165) is 57.9 Å². The largest absolute Gasteiger partial charge is 0.154 e. The zero-order chi connectivity index (χ0) is 25.5. The van der Waals surface area contributed by atoms with Crippen molar-refractivity contribution in [2.75, 3.05) is 0 Å². The van der Waals surface area contributed by atoms with E-state index in [4.69, 9.17) is 0 Å². The summed E-state index contributed by atoms with van der Waals surface area (Å²) >= 11 is 0. The van der Waals surface area contributed by atoms with Crippen LogP contribution in [0.1, 0.15) is 87.8 Å². The van der Waals surface area contributed by atoms with Crippen LogP contribution < -0.4 is 0 Å². The summed E-state index contributed by atoms with van der Waals surface area (Å²) < 4.78 is 0. The lowest BCUT2D eigenvalue weighted by Crippen LogP contribution is -2.12. The lowest BCUT2D eigenvalue weighted by molar-refractivity contribution is 0.590. The molecule has 5 rings (SSSR count). The Hall–Kier alpha value is -3.66. The van der Waals surface area contributed by atoms with Crippen molar-refractivity contribution >= 4 is 22.8 Å². The highest BCUT2D eigenvalue weighted by molar-refractivity contribution is 6.22. The highest BCUT2D eigenvalue weighted by Crippen LogP contribution is 2.26. The van der Waals surface area contributed by atoms with Gasteiger partial charge in [-0.2, -0.15) is 20.4 Å². The van der Waals surface area contributed by atoms with Crippen LogP contribution in [0.3, 0.4) is 0 Å². The highest BCUT2D eigenvalue weighted by atomic mass is 15.2. The molecule has 0 aliphatic carbocycles. The van der Waals surface area contributed by atoms with Gasteiger partial charge in [0.05, 0.1) is 22.8 Å². The molecule has 0 saturated carbocycles. The summed E-state index contributed by atoms with van der Waals surface area (Å²) in [5.74, 6) is 0. The van der Waals surface area contributed by atoms with E-state index in [0.29, 0.717) is 0 Å². The molecule has 0 saturated heterocycles. The van der Waals surface area contributed by atoms with Gasteiger partial charge in [-0.25, -0.2) is 0 Å². The van der Waals surface area contributed by atoms with Crippen LogP contribution in [0, 0.1) is 0 Å². The lowest BCUT2D eigenvalue weighted by Gasteiger charge is -2.19. The summed E-state index contributed by atoms with van der Waals surface area (Å²) in [7, 11) is 0. The Morgan fingerprint density at radius 2 is 0.778 bits per heavy atom. The summed E-state index contributed by atoms with van der Waals surface area (Å²) in [5.41, 5.74) is 11.4. The topological polar surface area (TPSA) is 49.4 Å². The van der Waals surface area contributed by atoms with E-state index >= 15 is 0 Å². The third kappa shape index (κ3) is 4.99. The summed E-state index contributed by atoms with van der Waals surface area (Å²) in [6.07, 6.45) is 1.46. The molecule has 0 fully saturated rings. The number of hydrogen-bond donors (Lipinski definition) is 0. The van der Waals surface area contributed by atoms with Gasteiger partial charge in [0, 0.05) is 12.8 Å². The van der Waals surface area contributed by atoms with Gasteiger partial charge in [-0.15, -0.1) is 0 Å². The Kier molecular flexibility index (Phi) is 6.07. The SMILES string of the molecule is CC(C)(C)c1ccc(C2=NN=C(c3cccc(C4=NN=C(c5ccc(C(C)(C)C)cc5)C4)c3)C2)cc1. The van der Waals surface area contributed by atoms with E-state index in [-0.39, 0.29) is 10.8 Å². The maximum atomic E-state index is 4.53. The van der Waals surface area contributed by atoms with Gasteiger partial charge in [-0.05, 0) is 50.3 Å². The first-order chi connectivity index (χ1) is 17.1. The molecule has 0 unspecified atom stereocenters. The lowest BCUT2D eigenvalue weighted by atomic mass is 9.86. The molecule has 2 aliphatic rings. The van der Waals surface area contributed by atoms with Crippen molar-refractivity contribution in [3.63, 3.8) is 0 Å². The second kappa shape index (κ2) is 9.09. The normalized spacial score (nSPS) is 15.9. The van der Waals surface area contributed by atoms with Crippen molar-refractivity contribution in [3.8, 4) is 0 Å². The average molecular weight is 475 g/mol. The molecule has 3 aromatic carbocycles. The number of hydrogen-bond acceptors (Lipinski definition) is 4. The summed E-state index contributed by atoms with van der Waals surface area (Å²) in [6, 6.07) is 25.9. The van der Waals surface area contributed by atoms with Crippen LogP contribution >= 0.6 is 0 Å². The molecule has 0 radical (unpaired) electrons. The molecule has 0 atom stereocenters. The van der Waals surface area contributed by atoms with Crippen molar-refractivity contribution in [2.24, 2.45) is 20.4 Å². The fourth-order valence-corrected chi connectivity index (χ4v) is 4.54. The van der Waals surface area contributed by atoms with Gasteiger partial charge < -0.3 is 0 Å². The molecule has 0 spiro atoms. The fraction of sp³-hybridized carbons (Fsp3) is 0.312. The Morgan fingerprint density at radius 1 is 0.444 bits per heavy atom. The first-order valence-electron chi connectivity index (χ1n) is 12.7. The molecule has 4 nitrogen and oxygen atoms in total. The minimum atomic E-state index is 0.139. The van der Waals surface area contributed by atoms with E-state index in [1.807, 2.05) is 0 Å². The van der Waals surface area contributed by atoms with E-state index < -0.39 is 0 Å². The molecule has 182 valence electrons. The van der Waals surface area contributed by atoms with E-state index in [1.54, 1.807) is 0 Å². The van der Waals surface area contributed by atoms with Crippen molar-refractivity contribution in [1.82, 2.24) is 0 Å². The molecule has 0 N–H and O–H groups in total. The molecule has 2 heterocycles. The molecular formula is C32H34N4. The average Bonchev–Trinajstić information content (AvgIpc) is 3.54. The van der Waals surface area contributed by atoms with Crippen LogP contribution in [-0.4, -0.2) is 22.8 Å². The predicted molar refractivity (Wildman–Crippen MR) is 152 cm³/mol. The quantitative estimate of drug-likeness (QED) is 0.376. The molecule has 36 heavy (non-hydrogen) atoms. The monoisotopic (exact) mass is 474 g/mol. The van der Waals surface area contributed by atoms with Crippen LogP contribution in [0.25, 0.3) is 0 Å². The Labute approximate surface area is 214 Å². The second-order valence-electron chi connectivity index (χ2n) is 11.8. The zero-order valence-corrected chi connectivity index (χ0v) is 22.1. The Balaban J connectivity index is 1.26. The molecule has 0 amide bonds. The summed E-state index contributed by atoms with van der Waals surface area (Å²) in [6.45, 7) is 13.4. The van der Waals surface area contributed by atoms with Gasteiger partial charge in [0.15, 0.2) is 0 Å². The maximum Gasteiger partial charge on any atom is 0.0763 e. The number of benzene rings is 3. The first-order valence-corrected chi connectivity index (χ1v) is 12.7. The standard InChI is InChI=1S/C32H34N4/c1-31(2,3)25-14-10-21(11-15-25)27-19-29(35-33-27)23-8-7-9-24(18-23)30-20-28(34-36-30)22-12-16-26(17-13-22)32(4,5)6/h7-18H,19-20H2,1-6H3. The van der Waals surface area contributed by atoms with Gasteiger partial charge in [-0.1, -0.05) is 108 Å². The minimum Gasteiger partial charge on any atom is -0.154 e. The minimum absolute atomic E-state index is 0.139. The fourth-order valence-electron chi connectivity index (χ4n) is 4.54. The molecular weight excluding hydrogens is 440 g/mol. The molecule has 3 aromatic rings. The van der Waals surface area contributed by atoms with Crippen molar-refractivity contribution < 1.29 is 0 Å². The predicted octanol–water partition coefficient (Wildman–Crippen LogP) is 7.48. The van der Waals surface area contributed by atoms with Crippen LogP contribution in [0.15, 0.2) is 93.2 Å². The van der Waals surface area contributed by atoms with Crippen molar-refractivity contribution in [1.29, 1.82) is 0 Å². The molecule has 4 heteroatoms. The van der Waals surface area contributed by atoms with Crippen LogP contribution in [0.5, 0.6) is 0 Å². The van der Waals surface area contributed by atoms with Gasteiger partial charge in [0.2, 0.25) is 0 Å². The summed E-state index contributed by atoms with van der Waals surface area (Å²) in [4.78, 5) is 0. The van der Waals surface area contributed by atoms with E-state index in [9.17, 15) is 0 Å². The van der Waals surface area contributed by atoms with E-state index in [2.05, 4.69) is 135 Å². The Bertz CT molecular complexity index is 1300. The van der Waals surface area contributed by atoms with Crippen molar-refractivity contribution in [2.45, 2.75) is 65.2 Å². The highest BCUT2D eigenvalue weighted by Gasteiger charge is 2.21. The van der Waals surface area contributed by atoms with Gasteiger partial charge >= 0.3 is 0 Å².